The number of thiophene rings is 1. The number of amides is 2. The highest BCUT2D eigenvalue weighted by Gasteiger charge is 2.26. The minimum absolute atomic E-state index is 0.000672. The van der Waals surface area contributed by atoms with Crippen LogP contribution in [0.15, 0.2) is 24.3 Å². The van der Waals surface area contributed by atoms with Gasteiger partial charge in [-0.1, -0.05) is 0 Å². The molecule has 0 radical (unpaired) electrons. The summed E-state index contributed by atoms with van der Waals surface area (Å²) in [6, 6.07) is 10.5. The summed E-state index contributed by atoms with van der Waals surface area (Å²) in [6.07, 6.45) is 0.612. The third-order valence-corrected chi connectivity index (χ3v) is 5.25. The summed E-state index contributed by atoms with van der Waals surface area (Å²) in [5, 5.41) is 21.6. The molecule has 3 rings (SSSR count). The monoisotopic (exact) mass is 350 g/mol. The summed E-state index contributed by atoms with van der Waals surface area (Å²) in [5.74, 6) is -0.330. The molecular weight excluding hydrogens is 336 g/mol. The smallest absolute Gasteiger partial charge is 0.256 e. The summed E-state index contributed by atoms with van der Waals surface area (Å²) in [7, 11) is 0. The number of anilines is 1. The Morgan fingerprint density at radius 2 is 1.92 bits per heavy atom. The van der Waals surface area contributed by atoms with Crippen LogP contribution in [-0.4, -0.2) is 23.3 Å². The number of rotatable bonds is 2. The van der Waals surface area contributed by atoms with E-state index in [1.807, 2.05) is 6.07 Å². The lowest BCUT2D eigenvalue weighted by molar-refractivity contribution is -0.129. The van der Waals surface area contributed by atoms with E-state index in [0.717, 1.165) is 10.4 Å². The van der Waals surface area contributed by atoms with Gasteiger partial charge in [-0.05, 0) is 36.2 Å². The van der Waals surface area contributed by atoms with Gasteiger partial charge in [-0.3, -0.25) is 9.59 Å². The maximum Gasteiger partial charge on any atom is 0.256 e. The van der Waals surface area contributed by atoms with Crippen LogP contribution in [0.4, 0.5) is 5.00 Å². The van der Waals surface area contributed by atoms with Crippen molar-refractivity contribution in [2.24, 2.45) is 0 Å². The Hall–Kier alpha value is -3.16. The van der Waals surface area contributed by atoms with Crippen LogP contribution in [0.1, 0.15) is 38.8 Å². The predicted octanol–water partition coefficient (Wildman–Crippen LogP) is 2.65. The van der Waals surface area contributed by atoms with Crippen molar-refractivity contribution in [2.45, 2.75) is 19.9 Å². The number of carbonyl (C=O) groups excluding carboxylic acids is 2. The van der Waals surface area contributed by atoms with Gasteiger partial charge < -0.3 is 10.2 Å². The topological polar surface area (TPSA) is 97.0 Å². The molecule has 1 aromatic carbocycles. The molecule has 0 saturated heterocycles. The molecule has 25 heavy (non-hydrogen) atoms. The van der Waals surface area contributed by atoms with Crippen LogP contribution in [0.25, 0.3) is 0 Å². The molecular formula is C18H14N4O2S. The Kier molecular flexibility index (Phi) is 4.51. The molecule has 7 heteroatoms. The molecule has 1 N–H and O–H groups in total. The van der Waals surface area contributed by atoms with E-state index in [1.54, 1.807) is 29.2 Å². The van der Waals surface area contributed by atoms with Gasteiger partial charge in [0.2, 0.25) is 5.91 Å². The Morgan fingerprint density at radius 3 is 2.52 bits per heavy atom. The zero-order valence-electron chi connectivity index (χ0n) is 13.5. The Morgan fingerprint density at radius 1 is 1.20 bits per heavy atom. The van der Waals surface area contributed by atoms with Crippen molar-refractivity contribution in [3.8, 4) is 12.1 Å². The predicted molar refractivity (Wildman–Crippen MR) is 92.9 cm³/mol. The quantitative estimate of drug-likeness (QED) is 0.900. The van der Waals surface area contributed by atoms with E-state index < -0.39 is 0 Å². The third-order valence-electron chi connectivity index (χ3n) is 4.12. The van der Waals surface area contributed by atoms with Gasteiger partial charge in [0.05, 0.1) is 23.7 Å². The molecule has 2 aromatic rings. The van der Waals surface area contributed by atoms with Gasteiger partial charge >= 0.3 is 0 Å². The lowest BCUT2D eigenvalue weighted by Gasteiger charge is -2.25. The summed E-state index contributed by atoms with van der Waals surface area (Å²) in [6.45, 7) is 2.57. The second-order valence-corrected chi connectivity index (χ2v) is 6.76. The number of nitriles is 2. The van der Waals surface area contributed by atoms with E-state index in [9.17, 15) is 14.9 Å². The molecule has 0 fully saturated rings. The SMILES string of the molecule is CC(=O)N1CCc2c(sc(NC(=O)c3ccc(C#N)cc3)c2C#N)C1. The molecule has 0 bridgehead atoms. The zero-order valence-corrected chi connectivity index (χ0v) is 14.3. The highest BCUT2D eigenvalue weighted by atomic mass is 32.1. The molecule has 0 aliphatic carbocycles. The van der Waals surface area contributed by atoms with Crippen molar-refractivity contribution in [3.63, 3.8) is 0 Å². The highest BCUT2D eigenvalue weighted by molar-refractivity contribution is 7.16. The highest BCUT2D eigenvalue weighted by Crippen LogP contribution is 2.36. The Labute approximate surface area is 148 Å². The first kappa shape index (κ1) is 16.7. The second-order valence-electron chi connectivity index (χ2n) is 5.65. The molecule has 1 aromatic heterocycles. The van der Waals surface area contributed by atoms with Crippen molar-refractivity contribution in [1.82, 2.24) is 4.90 Å². The molecule has 1 aliphatic rings. The molecule has 1 aliphatic heterocycles. The summed E-state index contributed by atoms with van der Waals surface area (Å²) in [5.41, 5.74) is 2.29. The van der Waals surface area contributed by atoms with E-state index in [-0.39, 0.29) is 11.8 Å². The Bertz CT molecular complexity index is 932. The fourth-order valence-electron chi connectivity index (χ4n) is 2.75. The van der Waals surface area contributed by atoms with Crippen molar-refractivity contribution >= 4 is 28.2 Å². The van der Waals surface area contributed by atoms with Crippen LogP contribution < -0.4 is 5.32 Å². The minimum Gasteiger partial charge on any atom is -0.337 e. The maximum absolute atomic E-state index is 12.4. The van der Waals surface area contributed by atoms with Gasteiger partial charge in [0, 0.05) is 23.9 Å². The van der Waals surface area contributed by atoms with Gasteiger partial charge in [0.15, 0.2) is 0 Å². The third kappa shape index (κ3) is 3.23. The summed E-state index contributed by atoms with van der Waals surface area (Å²) in [4.78, 5) is 26.6. The number of hydrogen-bond donors (Lipinski definition) is 1. The van der Waals surface area contributed by atoms with E-state index in [0.29, 0.717) is 41.2 Å². The molecule has 0 atom stereocenters. The van der Waals surface area contributed by atoms with Crippen LogP contribution in [-0.2, 0) is 17.8 Å². The standard InChI is InChI=1S/C18H14N4O2S/c1-11(23)22-7-6-14-15(9-20)18(25-16(14)10-22)21-17(24)13-4-2-12(8-19)3-5-13/h2-5H,6-7,10H2,1H3,(H,21,24). The number of hydrogen-bond acceptors (Lipinski definition) is 5. The van der Waals surface area contributed by atoms with Gasteiger partial charge in [0.25, 0.3) is 5.91 Å². The van der Waals surface area contributed by atoms with Crippen molar-refractivity contribution in [2.75, 3.05) is 11.9 Å². The van der Waals surface area contributed by atoms with Crippen molar-refractivity contribution in [3.05, 3.63) is 51.4 Å². The fourth-order valence-corrected chi connectivity index (χ4v) is 3.96. The van der Waals surface area contributed by atoms with Crippen LogP contribution in [0.2, 0.25) is 0 Å². The lowest BCUT2D eigenvalue weighted by Crippen LogP contribution is -2.33. The minimum atomic E-state index is -0.331. The number of nitrogens with zero attached hydrogens (tertiary/aromatic N) is 3. The van der Waals surface area contributed by atoms with Crippen LogP contribution in [0.3, 0.4) is 0 Å². The normalized spacial score (nSPS) is 12.7. The molecule has 0 saturated carbocycles. The van der Waals surface area contributed by atoms with Gasteiger partial charge in [-0.25, -0.2) is 0 Å². The molecule has 6 nitrogen and oxygen atoms in total. The zero-order chi connectivity index (χ0) is 18.0. The fraction of sp³-hybridized carbons (Fsp3) is 0.222. The summed E-state index contributed by atoms with van der Waals surface area (Å²) >= 11 is 1.34. The van der Waals surface area contributed by atoms with Gasteiger partial charge in [0.1, 0.15) is 11.1 Å². The average Bonchev–Trinajstić information content (AvgIpc) is 2.97. The van der Waals surface area contributed by atoms with E-state index in [2.05, 4.69) is 11.4 Å². The number of carbonyl (C=O) groups is 2. The van der Waals surface area contributed by atoms with E-state index >= 15 is 0 Å². The van der Waals surface area contributed by atoms with Gasteiger partial charge in [-0.15, -0.1) is 11.3 Å². The van der Waals surface area contributed by atoms with E-state index in [1.165, 1.54) is 18.3 Å². The first-order valence-electron chi connectivity index (χ1n) is 7.65. The van der Waals surface area contributed by atoms with Crippen LogP contribution in [0.5, 0.6) is 0 Å². The van der Waals surface area contributed by atoms with Crippen molar-refractivity contribution < 1.29 is 9.59 Å². The van der Waals surface area contributed by atoms with Crippen LogP contribution in [0, 0.1) is 22.7 Å². The molecule has 0 unspecified atom stereocenters. The first-order valence-corrected chi connectivity index (χ1v) is 8.46. The molecule has 2 amide bonds. The number of fused-ring (bicyclic) bond motifs is 1. The average molecular weight is 350 g/mol. The largest absolute Gasteiger partial charge is 0.337 e. The van der Waals surface area contributed by atoms with Gasteiger partial charge in [-0.2, -0.15) is 10.5 Å². The van der Waals surface area contributed by atoms with Crippen LogP contribution >= 0.6 is 11.3 Å². The van der Waals surface area contributed by atoms with Crippen molar-refractivity contribution in [1.29, 1.82) is 10.5 Å². The number of nitrogens with one attached hydrogen (secondary N) is 1. The second kappa shape index (κ2) is 6.76. The summed E-state index contributed by atoms with van der Waals surface area (Å²) < 4.78 is 0. The number of benzene rings is 1. The Balaban J connectivity index is 1.85. The molecule has 2 heterocycles. The maximum atomic E-state index is 12.4. The molecule has 124 valence electrons. The lowest BCUT2D eigenvalue weighted by atomic mass is 10.0. The molecule has 0 spiro atoms. The van der Waals surface area contributed by atoms with E-state index in [4.69, 9.17) is 5.26 Å². The first-order chi connectivity index (χ1) is 12.0.